The van der Waals surface area contributed by atoms with Gasteiger partial charge >= 0.3 is 0 Å². The Morgan fingerprint density at radius 1 is 1.05 bits per heavy atom. The molecule has 0 saturated carbocycles. The minimum atomic E-state index is -0.102. The second-order valence-corrected chi connectivity index (χ2v) is 6.19. The van der Waals surface area contributed by atoms with Crippen molar-refractivity contribution >= 4 is 15.9 Å². The van der Waals surface area contributed by atoms with E-state index in [1.807, 2.05) is 12.1 Å². The lowest BCUT2D eigenvalue weighted by Crippen LogP contribution is -2.01. The van der Waals surface area contributed by atoms with Gasteiger partial charge in [0, 0.05) is 10.4 Å². The highest BCUT2D eigenvalue weighted by atomic mass is 79.9. The monoisotopic (exact) mass is 320 g/mol. The molecular formula is C17H18BrF. The fourth-order valence-electron chi connectivity index (χ4n) is 2.24. The first kappa shape index (κ1) is 14.3. The van der Waals surface area contributed by atoms with Crippen molar-refractivity contribution in [3.8, 4) is 0 Å². The van der Waals surface area contributed by atoms with Gasteiger partial charge in [-0.1, -0.05) is 57.9 Å². The van der Waals surface area contributed by atoms with Crippen LogP contribution in [-0.4, -0.2) is 0 Å². The number of hydrogen-bond donors (Lipinski definition) is 0. The maximum absolute atomic E-state index is 14.1. The summed E-state index contributed by atoms with van der Waals surface area (Å²) < 4.78 is 14.1. The fraction of sp³-hybridized carbons (Fsp3) is 0.294. The maximum Gasteiger partial charge on any atom is 0.130 e. The smallest absolute Gasteiger partial charge is 0.130 e. The molecule has 0 aliphatic rings. The summed E-state index contributed by atoms with van der Waals surface area (Å²) >= 11 is 3.63. The molecule has 100 valence electrons. The van der Waals surface area contributed by atoms with E-state index in [1.54, 1.807) is 13.0 Å². The lowest BCUT2D eigenvalue weighted by atomic mass is 9.97. The summed E-state index contributed by atoms with van der Waals surface area (Å²) in [5.74, 6) is -0.102. The van der Waals surface area contributed by atoms with Crippen LogP contribution in [0, 0.1) is 26.6 Å². The van der Waals surface area contributed by atoms with Crippen molar-refractivity contribution in [2.24, 2.45) is 0 Å². The van der Waals surface area contributed by atoms with Crippen molar-refractivity contribution in [1.82, 2.24) is 0 Å². The van der Waals surface area contributed by atoms with Gasteiger partial charge in [0.15, 0.2) is 0 Å². The van der Waals surface area contributed by atoms with Crippen LogP contribution in [0.5, 0.6) is 0 Å². The summed E-state index contributed by atoms with van der Waals surface area (Å²) in [6.07, 6.45) is 0.799. The van der Waals surface area contributed by atoms with E-state index in [4.69, 9.17) is 0 Å². The molecule has 2 rings (SSSR count). The van der Waals surface area contributed by atoms with E-state index in [2.05, 4.69) is 48.0 Å². The number of halogens is 2. The van der Waals surface area contributed by atoms with Gasteiger partial charge in [0.2, 0.25) is 0 Å². The number of benzene rings is 2. The van der Waals surface area contributed by atoms with Gasteiger partial charge in [0.05, 0.1) is 0 Å². The molecule has 0 bridgehead atoms. The molecule has 2 aromatic carbocycles. The molecule has 0 nitrogen and oxygen atoms in total. The van der Waals surface area contributed by atoms with Crippen LogP contribution in [0.2, 0.25) is 0 Å². The van der Waals surface area contributed by atoms with Gasteiger partial charge in [0.1, 0.15) is 5.82 Å². The third-order valence-electron chi connectivity index (χ3n) is 3.46. The first-order chi connectivity index (χ1) is 8.99. The quantitative estimate of drug-likeness (QED) is 0.661. The lowest BCUT2D eigenvalue weighted by molar-refractivity contribution is 0.599. The molecule has 0 saturated heterocycles. The topological polar surface area (TPSA) is 0 Å². The predicted molar refractivity (Wildman–Crippen MR) is 82.4 cm³/mol. The van der Waals surface area contributed by atoms with Crippen LogP contribution in [0.3, 0.4) is 0 Å². The second-order valence-electron chi connectivity index (χ2n) is 5.08. The molecule has 0 aromatic heterocycles. The zero-order chi connectivity index (χ0) is 14.0. The zero-order valence-electron chi connectivity index (χ0n) is 11.5. The third kappa shape index (κ3) is 3.24. The Hall–Kier alpha value is -1.15. The molecule has 0 spiro atoms. The Morgan fingerprint density at radius 3 is 2.53 bits per heavy atom. The van der Waals surface area contributed by atoms with E-state index in [9.17, 15) is 4.39 Å². The molecule has 2 aromatic rings. The summed E-state index contributed by atoms with van der Waals surface area (Å²) in [5, 5.41) is 0. The molecule has 0 aliphatic heterocycles. The SMILES string of the molecule is Cc1ccc(C)c(CC(Br)c2cccc(C)c2F)c1. The highest BCUT2D eigenvalue weighted by molar-refractivity contribution is 9.09. The van der Waals surface area contributed by atoms with Crippen LogP contribution in [0.1, 0.15) is 32.6 Å². The van der Waals surface area contributed by atoms with Gasteiger partial charge in [-0.3, -0.25) is 0 Å². The van der Waals surface area contributed by atoms with Crippen molar-refractivity contribution in [2.75, 3.05) is 0 Å². The predicted octanol–water partition coefficient (Wildman–Crippen LogP) is 5.43. The lowest BCUT2D eigenvalue weighted by Gasteiger charge is -2.14. The van der Waals surface area contributed by atoms with E-state index >= 15 is 0 Å². The highest BCUT2D eigenvalue weighted by Crippen LogP contribution is 2.31. The third-order valence-corrected chi connectivity index (χ3v) is 4.28. The van der Waals surface area contributed by atoms with Crippen molar-refractivity contribution in [2.45, 2.75) is 32.0 Å². The molecule has 1 unspecified atom stereocenters. The molecule has 0 aliphatic carbocycles. The van der Waals surface area contributed by atoms with Gasteiger partial charge in [-0.05, 0) is 43.9 Å². The highest BCUT2D eigenvalue weighted by Gasteiger charge is 2.15. The first-order valence-corrected chi connectivity index (χ1v) is 7.36. The van der Waals surface area contributed by atoms with Crippen molar-refractivity contribution in [3.05, 3.63) is 70.0 Å². The fourth-order valence-corrected chi connectivity index (χ4v) is 2.94. The standard InChI is InChI=1S/C17H18BrF/c1-11-7-8-12(2)14(9-11)10-16(18)15-6-4-5-13(3)17(15)19/h4-9,16H,10H2,1-3H3. The Morgan fingerprint density at radius 2 is 1.79 bits per heavy atom. The summed E-state index contributed by atoms with van der Waals surface area (Å²) in [4.78, 5) is 0.00731. The number of alkyl halides is 1. The largest absolute Gasteiger partial charge is 0.206 e. The van der Waals surface area contributed by atoms with Crippen molar-refractivity contribution in [3.63, 3.8) is 0 Å². The maximum atomic E-state index is 14.1. The summed E-state index contributed by atoms with van der Waals surface area (Å²) in [6.45, 7) is 5.98. The Balaban J connectivity index is 2.28. The van der Waals surface area contributed by atoms with Crippen LogP contribution in [0.4, 0.5) is 4.39 Å². The molecule has 2 heteroatoms. The average molecular weight is 321 g/mol. The first-order valence-electron chi connectivity index (χ1n) is 6.44. The Bertz CT molecular complexity index is 590. The Labute approximate surface area is 122 Å². The normalized spacial score (nSPS) is 12.5. The number of aryl methyl sites for hydroxylation is 3. The number of rotatable bonds is 3. The van der Waals surface area contributed by atoms with Gasteiger partial charge in [-0.2, -0.15) is 0 Å². The Kier molecular flexibility index (Phi) is 4.41. The van der Waals surface area contributed by atoms with E-state index in [0.717, 1.165) is 12.0 Å². The molecule has 0 amide bonds. The summed E-state index contributed by atoms with van der Waals surface area (Å²) in [5.41, 5.74) is 5.19. The molecular weight excluding hydrogens is 303 g/mol. The minimum absolute atomic E-state index is 0.00731. The average Bonchev–Trinajstić information content (AvgIpc) is 2.37. The van der Waals surface area contributed by atoms with Gasteiger partial charge in [0.25, 0.3) is 0 Å². The van der Waals surface area contributed by atoms with Crippen LogP contribution in [0.25, 0.3) is 0 Å². The molecule has 0 radical (unpaired) electrons. The zero-order valence-corrected chi connectivity index (χ0v) is 13.1. The van der Waals surface area contributed by atoms with Crippen molar-refractivity contribution in [1.29, 1.82) is 0 Å². The minimum Gasteiger partial charge on any atom is -0.206 e. The van der Waals surface area contributed by atoms with Crippen LogP contribution in [-0.2, 0) is 6.42 Å². The molecule has 0 fully saturated rings. The molecule has 0 N–H and O–H groups in total. The van der Waals surface area contributed by atoms with Crippen molar-refractivity contribution < 1.29 is 4.39 Å². The summed E-state index contributed by atoms with van der Waals surface area (Å²) in [7, 11) is 0. The van der Waals surface area contributed by atoms with Gasteiger partial charge in [-0.25, -0.2) is 4.39 Å². The van der Waals surface area contributed by atoms with Gasteiger partial charge in [-0.15, -0.1) is 0 Å². The second kappa shape index (κ2) is 5.87. The van der Waals surface area contributed by atoms with Crippen LogP contribution >= 0.6 is 15.9 Å². The van der Waals surface area contributed by atoms with Crippen LogP contribution in [0.15, 0.2) is 36.4 Å². The number of hydrogen-bond acceptors (Lipinski definition) is 0. The van der Waals surface area contributed by atoms with E-state index in [0.29, 0.717) is 5.56 Å². The molecule has 19 heavy (non-hydrogen) atoms. The molecule has 1 atom stereocenters. The summed E-state index contributed by atoms with van der Waals surface area (Å²) in [6, 6.07) is 12.0. The van der Waals surface area contributed by atoms with Gasteiger partial charge < -0.3 is 0 Å². The van der Waals surface area contributed by atoms with E-state index in [1.165, 1.54) is 16.7 Å². The van der Waals surface area contributed by atoms with E-state index in [-0.39, 0.29) is 10.6 Å². The van der Waals surface area contributed by atoms with Crippen LogP contribution < -0.4 is 0 Å². The van der Waals surface area contributed by atoms with E-state index < -0.39 is 0 Å². The molecule has 0 heterocycles.